The molecular weight excluding hydrogens is 595 g/mol. The Hall–Kier alpha value is -5.80. The highest BCUT2D eigenvalue weighted by molar-refractivity contribution is 5.79. The number of anilines is 3. The molecule has 0 amide bonds. The smallest absolute Gasteiger partial charge is 0.160 e. The fourth-order valence-corrected chi connectivity index (χ4v) is 7.46. The van der Waals surface area contributed by atoms with Crippen LogP contribution in [-0.4, -0.2) is 9.97 Å². The quantitative estimate of drug-likeness (QED) is 0.182. The second kappa shape index (κ2) is 12.0. The lowest BCUT2D eigenvalue weighted by Gasteiger charge is -2.44. The number of rotatable bonds is 6. The van der Waals surface area contributed by atoms with E-state index in [9.17, 15) is 0 Å². The Morgan fingerprint density at radius 2 is 0.796 bits per heavy atom. The summed E-state index contributed by atoms with van der Waals surface area (Å²) in [5.41, 5.74) is 13.3. The zero-order valence-electron chi connectivity index (χ0n) is 28.4. The largest absolute Gasteiger partial charge is 0.310 e. The zero-order chi connectivity index (χ0) is 33.6. The molecule has 0 saturated carbocycles. The van der Waals surface area contributed by atoms with Crippen LogP contribution >= 0.6 is 0 Å². The van der Waals surface area contributed by atoms with E-state index < -0.39 is 0 Å². The summed E-state index contributed by atoms with van der Waals surface area (Å²) >= 11 is 0. The van der Waals surface area contributed by atoms with Crippen molar-refractivity contribution in [3.63, 3.8) is 0 Å². The summed E-state index contributed by atoms with van der Waals surface area (Å²) in [5, 5.41) is 0. The van der Waals surface area contributed by atoms with Gasteiger partial charge in [-0.3, -0.25) is 0 Å². The summed E-state index contributed by atoms with van der Waals surface area (Å²) in [6.07, 6.45) is 0. The lowest BCUT2D eigenvalue weighted by atomic mass is 9.59. The minimum atomic E-state index is -0.238. The first-order valence-corrected chi connectivity index (χ1v) is 17.0. The molecule has 49 heavy (non-hydrogen) atoms. The van der Waals surface area contributed by atoms with Gasteiger partial charge in [-0.1, -0.05) is 143 Å². The number of hydrogen-bond acceptors (Lipinski definition) is 3. The lowest BCUT2D eigenvalue weighted by molar-refractivity contribution is 0.521. The molecule has 0 bridgehead atoms. The van der Waals surface area contributed by atoms with Crippen LogP contribution in [0.1, 0.15) is 49.9 Å². The van der Waals surface area contributed by atoms with Crippen LogP contribution in [0, 0.1) is 0 Å². The highest BCUT2D eigenvalue weighted by Crippen LogP contribution is 2.52. The molecule has 0 fully saturated rings. The number of para-hydroxylation sites is 2. The molecule has 0 N–H and O–H groups in total. The van der Waals surface area contributed by atoms with Gasteiger partial charge in [-0.05, 0) is 70.8 Å². The summed E-state index contributed by atoms with van der Waals surface area (Å²) in [6, 6.07) is 58.0. The lowest BCUT2D eigenvalue weighted by Crippen LogP contribution is -2.36. The van der Waals surface area contributed by atoms with E-state index in [1.165, 1.54) is 22.3 Å². The Labute approximate surface area is 289 Å². The number of nitrogens with zero attached hydrogens (tertiary/aromatic N) is 3. The van der Waals surface area contributed by atoms with Gasteiger partial charge in [-0.25, -0.2) is 9.97 Å². The minimum absolute atomic E-state index is 0.226. The maximum absolute atomic E-state index is 5.15. The maximum Gasteiger partial charge on any atom is 0.160 e. The molecule has 1 heterocycles. The molecule has 6 aromatic carbocycles. The van der Waals surface area contributed by atoms with Gasteiger partial charge in [0.2, 0.25) is 0 Å². The van der Waals surface area contributed by atoms with Crippen molar-refractivity contribution in [1.29, 1.82) is 0 Å². The molecular formula is C46H39N3. The van der Waals surface area contributed by atoms with Gasteiger partial charge < -0.3 is 4.90 Å². The molecule has 8 rings (SSSR count). The van der Waals surface area contributed by atoms with Crippen molar-refractivity contribution in [1.82, 2.24) is 9.97 Å². The fraction of sp³-hybridized carbons (Fsp3) is 0.130. The molecule has 0 spiro atoms. The van der Waals surface area contributed by atoms with Gasteiger partial charge in [0, 0.05) is 44.6 Å². The second-order valence-electron chi connectivity index (χ2n) is 13.9. The molecule has 1 aromatic heterocycles. The fourth-order valence-electron chi connectivity index (χ4n) is 7.46. The molecule has 0 atom stereocenters. The van der Waals surface area contributed by atoms with Crippen molar-refractivity contribution in [3.05, 3.63) is 186 Å². The average Bonchev–Trinajstić information content (AvgIpc) is 3.15. The summed E-state index contributed by atoms with van der Waals surface area (Å²) in [4.78, 5) is 12.6. The topological polar surface area (TPSA) is 29.0 Å². The van der Waals surface area contributed by atoms with E-state index in [-0.39, 0.29) is 10.8 Å². The van der Waals surface area contributed by atoms with Crippen molar-refractivity contribution in [2.75, 3.05) is 4.90 Å². The van der Waals surface area contributed by atoms with Crippen LogP contribution < -0.4 is 4.90 Å². The van der Waals surface area contributed by atoms with Gasteiger partial charge in [0.05, 0.1) is 11.4 Å². The van der Waals surface area contributed by atoms with Crippen molar-refractivity contribution in [3.8, 4) is 33.9 Å². The van der Waals surface area contributed by atoms with Crippen molar-refractivity contribution in [2.24, 2.45) is 0 Å². The van der Waals surface area contributed by atoms with Gasteiger partial charge in [0.1, 0.15) is 0 Å². The summed E-state index contributed by atoms with van der Waals surface area (Å²) in [7, 11) is 0. The standard InChI is InChI=1S/C46H39N3/c1-45(2)39-28-26-37(49(35-21-13-7-14-22-35)36-23-15-8-16-24-36)30-41(39)46(3,4)38-27-25-34(29-40(38)45)44-47-42(32-17-9-5-10-18-32)31-43(48-44)33-19-11-6-12-20-33/h5-31H,1-4H3. The van der Waals surface area contributed by atoms with Crippen molar-refractivity contribution in [2.45, 2.75) is 38.5 Å². The average molecular weight is 634 g/mol. The molecule has 3 heteroatoms. The van der Waals surface area contributed by atoms with E-state index in [1.807, 2.05) is 12.1 Å². The predicted molar refractivity (Wildman–Crippen MR) is 204 cm³/mol. The summed E-state index contributed by atoms with van der Waals surface area (Å²) < 4.78 is 0. The monoisotopic (exact) mass is 633 g/mol. The first kappa shape index (κ1) is 30.5. The van der Waals surface area contributed by atoms with E-state index in [2.05, 4.69) is 184 Å². The van der Waals surface area contributed by atoms with Gasteiger partial charge in [-0.2, -0.15) is 0 Å². The normalized spacial score (nSPS) is 14.0. The van der Waals surface area contributed by atoms with Crippen molar-refractivity contribution >= 4 is 17.1 Å². The van der Waals surface area contributed by atoms with Crippen LogP contribution in [0.25, 0.3) is 33.9 Å². The van der Waals surface area contributed by atoms with Gasteiger partial charge in [-0.15, -0.1) is 0 Å². The molecule has 238 valence electrons. The molecule has 3 nitrogen and oxygen atoms in total. The first-order valence-electron chi connectivity index (χ1n) is 17.0. The zero-order valence-corrected chi connectivity index (χ0v) is 28.4. The van der Waals surface area contributed by atoms with E-state index in [0.717, 1.165) is 51.0 Å². The predicted octanol–water partition coefficient (Wildman–Crippen LogP) is 11.9. The molecule has 0 unspecified atom stereocenters. The summed E-state index contributed by atoms with van der Waals surface area (Å²) in [5.74, 6) is 0.735. The Kier molecular flexibility index (Phi) is 7.49. The Morgan fingerprint density at radius 1 is 0.367 bits per heavy atom. The Morgan fingerprint density at radius 3 is 1.29 bits per heavy atom. The molecule has 0 saturated heterocycles. The van der Waals surface area contributed by atoms with Crippen molar-refractivity contribution < 1.29 is 0 Å². The maximum atomic E-state index is 5.15. The first-order chi connectivity index (χ1) is 23.8. The molecule has 1 aliphatic rings. The van der Waals surface area contributed by atoms with Crippen LogP contribution in [0.4, 0.5) is 17.1 Å². The van der Waals surface area contributed by atoms with Crippen LogP contribution in [-0.2, 0) is 10.8 Å². The van der Waals surface area contributed by atoms with Gasteiger partial charge in [0.25, 0.3) is 0 Å². The van der Waals surface area contributed by atoms with E-state index in [1.54, 1.807) is 0 Å². The summed E-state index contributed by atoms with van der Waals surface area (Å²) in [6.45, 7) is 9.43. The third-order valence-corrected chi connectivity index (χ3v) is 10.1. The number of benzene rings is 6. The van der Waals surface area contributed by atoms with Gasteiger partial charge >= 0.3 is 0 Å². The Bertz CT molecular complexity index is 2160. The number of hydrogen-bond donors (Lipinski definition) is 0. The molecule has 7 aromatic rings. The van der Waals surface area contributed by atoms with Crippen LogP contribution in [0.5, 0.6) is 0 Å². The third kappa shape index (κ3) is 5.42. The van der Waals surface area contributed by atoms with Crippen LogP contribution in [0.3, 0.4) is 0 Å². The Balaban J connectivity index is 1.25. The van der Waals surface area contributed by atoms with Crippen LogP contribution in [0.2, 0.25) is 0 Å². The van der Waals surface area contributed by atoms with Gasteiger partial charge in [0.15, 0.2) is 5.82 Å². The third-order valence-electron chi connectivity index (χ3n) is 10.1. The van der Waals surface area contributed by atoms with E-state index in [4.69, 9.17) is 9.97 Å². The van der Waals surface area contributed by atoms with Crippen LogP contribution in [0.15, 0.2) is 164 Å². The highest BCUT2D eigenvalue weighted by atomic mass is 15.1. The molecule has 0 aliphatic heterocycles. The van der Waals surface area contributed by atoms with E-state index in [0.29, 0.717) is 0 Å². The second-order valence-corrected chi connectivity index (χ2v) is 13.9. The highest BCUT2D eigenvalue weighted by Gasteiger charge is 2.42. The van der Waals surface area contributed by atoms with E-state index >= 15 is 0 Å². The number of fused-ring (bicyclic) bond motifs is 2. The number of aromatic nitrogens is 2. The SMILES string of the molecule is CC1(C)c2ccc(N(c3ccccc3)c3ccccc3)cc2C(C)(C)c2ccc(-c3nc(-c4ccccc4)cc(-c4ccccc4)n3)cc21. The molecule has 0 radical (unpaired) electrons. The minimum Gasteiger partial charge on any atom is -0.310 e. The molecule has 1 aliphatic carbocycles.